The van der Waals surface area contributed by atoms with Gasteiger partial charge >= 0.3 is 0 Å². The fraction of sp³-hybridized carbons (Fsp3) is 0.212. The van der Waals surface area contributed by atoms with Gasteiger partial charge in [-0.15, -0.1) is 0 Å². The van der Waals surface area contributed by atoms with Gasteiger partial charge in [-0.25, -0.2) is 4.99 Å². The first-order valence-corrected chi connectivity index (χ1v) is 15.1. The molecule has 0 fully saturated rings. The van der Waals surface area contributed by atoms with Crippen LogP contribution in [-0.2, 0) is 22.5 Å². The number of aliphatic hydroxyl groups excluding tert-OH is 1. The van der Waals surface area contributed by atoms with Crippen LogP contribution in [0.2, 0.25) is 5.02 Å². The summed E-state index contributed by atoms with van der Waals surface area (Å²) in [6.07, 6.45) is -0.230. The van der Waals surface area contributed by atoms with Crippen molar-refractivity contribution >= 4 is 45.0 Å². The van der Waals surface area contributed by atoms with E-state index in [0.29, 0.717) is 40.6 Å². The summed E-state index contributed by atoms with van der Waals surface area (Å²) >= 11 is 9.71. The topological polar surface area (TPSA) is 129 Å². The minimum absolute atomic E-state index is 0.0428. The van der Waals surface area contributed by atoms with Crippen molar-refractivity contribution in [2.45, 2.75) is 31.0 Å². The third-order valence-electron chi connectivity index (χ3n) is 7.19. The van der Waals surface area contributed by atoms with Crippen molar-refractivity contribution in [1.29, 1.82) is 0 Å². The summed E-state index contributed by atoms with van der Waals surface area (Å²) in [5.74, 6) is 0.537. The number of halogens is 2. The highest BCUT2D eigenvalue weighted by Gasteiger charge is 2.54. The summed E-state index contributed by atoms with van der Waals surface area (Å²) in [5, 5.41) is 16.6. The summed E-state index contributed by atoms with van der Waals surface area (Å²) < 4.78 is 13.1. The summed E-state index contributed by atoms with van der Waals surface area (Å²) in [7, 11) is 0. The Morgan fingerprint density at radius 2 is 1.80 bits per heavy atom. The lowest BCUT2D eigenvalue weighted by Crippen LogP contribution is -2.49. The maximum atomic E-state index is 14.5. The van der Waals surface area contributed by atoms with Gasteiger partial charge in [-0.3, -0.25) is 4.79 Å². The summed E-state index contributed by atoms with van der Waals surface area (Å²) in [4.78, 5) is 22.5. The summed E-state index contributed by atoms with van der Waals surface area (Å²) in [6.45, 7) is 0.665. The zero-order valence-electron chi connectivity index (χ0n) is 23.6. The minimum Gasteiger partial charge on any atom is -0.494 e. The number of hydrogen-bond donors (Lipinski definition) is 2. The van der Waals surface area contributed by atoms with E-state index in [1.807, 2.05) is 48.5 Å². The number of amides is 1. The smallest absolute Gasteiger partial charge is 0.252 e. The van der Waals surface area contributed by atoms with E-state index in [4.69, 9.17) is 31.2 Å². The molecule has 0 saturated heterocycles. The predicted molar refractivity (Wildman–Crippen MR) is 173 cm³/mol. The van der Waals surface area contributed by atoms with Gasteiger partial charge in [0.25, 0.3) is 5.91 Å². The lowest BCUT2D eigenvalue weighted by molar-refractivity contribution is -0.129. The molecule has 1 heterocycles. The van der Waals surface area contributed by atoms with Gasteiger partial charge in [0, 0.05) is 57.2 Å². The number of carbonyl (C=O) groups excluding carboxylic acids is 1. The highest BCUT2D eigenvalue weighted by atomic mass is 79.9. The lowest BCUT2D eigenvalue weighted by Gasteiger charge is -2.31. The average molecular weight is 675 g/mol. The molecule has 0 saturated carbocycles. The molecule has 4 aromatic carbocycles. The molecule has 0 bridgehead atoms. The van der Waals surface area contributed by atoms with E-state index < -0.39 is 11.6 Å². The van der Waals surface area contributed by atoms with E-state index in [1.54, 1.807) is 48.5 Å². The van der Waals surface area contributed by atoms with Gasteiger partial charge in [-0.1, -0.05) is 87.2 Å². The number of hydrogen-bond acceptors (Lipinski definition) is 6. The summed E-state index contributed by atoms with van der Waals surface area (Å²) in [5.41, 5.74) is 11.1. The molecular weight excluding hydrogens is 646 g/mol. The third-order valence-corrected chi connectivity index (χ3v) is 8.21. The van der Waals surface area contributed by atoms with Crippen molar-refractivity contribution in [3.05, 3.63) is 139 Å². The Labute approximate surface area is 268 Å². The molecule has 1 amide bonds. The maximum Gasteiger partial charge on any atom is 0.252 e. The van der Waals surface area contributed by atoms with Crippen molar-refractivity contribution in [3.63, 3.8) is 0 Å². The van der Waals surface area contributed by atoms with Crippen molar-refractivity contribution < 1.29 is 19.4 Å². The predicted octanol–water partition coefficient (Wildman–Crippen LogP) is 7.62. The highest BCUT2D eigenvalue weighted by molar-refractivity contribution is 9.10. The van der Waals surface area contributed by atoms with Crippen LogP contribution in [0, 0.1) is 0 Å². The van der Waals surface area contributed by atoms with Crippen LogP contribution in [0.15, 0.2) is 112 Å². The third kappa shape index (κ3) is 7.06. The Hall–Kier alpha value is -4.34. The van der Waals surface area contributed by atoms with Crippen LogP contribution in [-0.4, -0.2) is 35.7 Å². The van der Waals surface area contributed by atoms with E-state index in [2.05, 4.69) is 31.3 Å². The Bertz CT molecular complexity index is 1690. The second-order valence-corrected chi connectivity index (χ2v) is 11.4. The molecule has 0 radical (unpaired) electrons. The Balaban J connectivity index is 1.60. The standard InChI is InChI=1S/C33H29BrClN5O4/c34-28-8-3-1-6-24(28)20-33(32(42)37-21-22-10-14-25(35)15-11-22)30(27-7-2-4-9-29(27)39-40-36)44-31(38-33)23-12-16-26(17-13-23)43-19-5-18-41/h1-4,6-17,30,41H,5,18-21H2,(H,37,42)/t30-,33-/m1/s1. The quantitative estimate of drug-likeness (QED) is 0.0693. The van der Waals surface area contributed by atoms with Gasteiger partial charge in [0.05, 0.1) is 6.61 Å². The molecule has 224 valence electrons. The van der Waals surface area contributed by atoms with Gasteiger partial charge in [0.2, 0.25) is 5.90 Å². The molecule has 2 N–H and O–H groups in total. The van der Waals surface area contributed by atoms with Crippen LogP contribution in [0.3, 0.4) is 0 Å². The second kappa shape index (κ2) is 14.4. The molecule has 5 rings (SSSR count). The van der Waals surface area contributed by atoms with Crippen LogP contribution in [0.1, 0.15) is 34.8 Å². The van der Waals surface area contributed by atoms with E-state index in [0.717, 1.165) is 15.6 Å². The van der Waals surface area contributed by atoms with E-state index in [-0.39, 0.29) is 31.4 Å². The Kier molecular flexibility index (Phi) is 10.2. The molecule has 0 spiro atoms. The Morgan fingerprint density at radius 3 is 2.52 bits per heavy atom. The number of azide groups is 1. The molecule has 1 aliphatic heterocycles. The molecule has 2 atom stereocenters. The first kappa shape index (κ1) is 31.1. The summed E-state index contributed by atoms with van der Waals surface area (Å²) in [6, 6.07) is 29.1. The monoisotopic (exact) mass is 673 g/mol. The fourth-order valence-electron chi connectivity index (χ4n) is 4.98. The molecule has 0 aliphatic carbocycles. The number of rotatable bonds is 12. The molecular formula is C33H29BrClN5O4. The zero-order chi connectivity index (χ0) is 30.9. The number of nitrogens with zero attached hydrogens (tertiary/aromatic N) is 4. The van der Waals surface area contributed by atoms with Crippen LogP contribution < -0.4 is 10.1 Å². The number of aliphatic imine (C=N–C) groups is 1. The van der Waals surface area contributed by atoms with Gasteiger partial charge in [0.15, 0.2) is 11.6 Å². The van der Waals surface area contributed by atoms with Crippen LogP contribution in [0.5, 0.6) is 5.75 Å². The average Bonchev–Trinajstić information content (AvgIpc) is 3.43. The minimum atomic E-state index is -1.48. The Morgan fingerprint density at radius 1 is 1.07 bits per heavy atom. The van der Waals surface area contributed by atoms with Crippen LogP contribution in [0.4, 0.5) is 5.69 Å². The normalized spacial score (nSPS) is 17.2. The number of aliphatic hydroxyl groups is 1. The van der Waals surface area contributed by atoms with Crippen molar-refractivity contribution in [2.24, 2.45) is 10.1 Å². The molecule has 11 heteroatoms. The first-order chi connectivity index (χ1) is 21.4. The molecule has 1 aliphatic rings. The molecule has 0 unspecified atom stereocenters. The van der Waals surface area contributed by atoms with Gasteiger partial charge < -0.3 is 19.9 Å². The molecule has 4 aromatic rings. The number of carbonyl (C=O) groups is 1. The largest absolute Gasteiger partial charge is 0.494 e. The number of benzene rings is 4. The van der Waals surface area contributed by atoms with Crippen molar-refractivity contribution in [3.8, 4) is 5.75 Å². The molecule has 44 heavy (non-hydrogen) atoms. The maximum absolute atomic E-state index is 14.5. The van der Waals surface area contributed by atoms with E-state index in [9.17, 15) is 10.3 Å². The second-order valence-electron chi connectivity index (χ2n) is 10.1. The van der Waals surface area contributed by atoms with E-state index in [1.165, 1.54) is 0 Å². The molecule has 9 nitrogen and oxygen atoms in total. The highest BCUT2D eigenvalue weighted by Crippen LogP contribution is 2.46. The molecule has 0 aromatic heterocycles. The number of ether oxygens (including phenoxy) is 2. The lowest BCUT2D eigenvalue weighted by atomic mass is 9.81. The number of nitrogens with one attached hydrogen (secondary N) is 1. The van der Waals surface area contributed by atoms with Gasteiger partial charge in [-0.2, -0.15) is 0 Å². The zero-order valence-corrected chi connectivity index (χ0v) is 25.9. The van der Waals surface area contributed by atoms with Crippen molar-refractivity contribution in [1.82, 2.24) is 5.32 Å². The fourth-order valence-corrected chi connectivity index (χ4v) is 5.53. The van der Waals surface area contributed by atoms with Crippen LogP contribution in [0.25, 0.3) is 10.4 Å². The SMILES string of the molecule is [N-]=[N+]=Nc1ccccc1[C@H]1OC(c2ccc(OCCCO)cc2)=N[C@@]1(Cc1ccccc1Br)C(=O)NCc1ccc(Cl)cc1. The van der Waals surface area contributed by atoms with E-state index >= 15 is 0 Å². The van der Waals surface area contributed by atoms with Crippen LogP contribution >= 0.6 is 27.5 Å². The van der Waals surface area contributed by atoms with Gasteiger partial charge in [-0.05, 0) is 59.1 Å². The van der Waals surface area contributed by atoms with Crippen molar-refractivity contribution in [2.75, 3.05) is 13.2 Å². The first-order valence-electron chi connectivity index (χ1n) is 13.9. The van der Waals surface area contributed by atoms with Gasteiger partial charge in [0.1, 0.15) is 5.75 Å².